The summed E-state index contributed by atoms with van der Waals surface area (Å²) in [6, 6.07) is 14.8. The molecule has 33 heavy (non-hydrogen) atoms. The molecule has 1 saturated carbocycles. The minimum Gasteiger partial charge on any atom is -0.480 e. The van der Waals surface area contributed by atoms with E-state index in [2.05, 4.69) is 34.9 Å². The summed E-state index contributed by atoms with van der Waals surface area (Å²) in [5.41, 5.74) is 4.56. The van der Waals surface area contributed by atoms with Crippen LogP contribution in [-0.2, 0) is 14.3 Å². The molecule has 0 spiro atoms. The Balaban J connectivity index is 1.32. The van der Waals surface area contributed by atoms with Gasteiger partial charge in [0.25, 0.3) is 0 Å². The Kier molecular flexibility index (Phi) is 6.67. The second-order valence-corrected chi connectivity index (χ2v) is 9.06. The molecule has 4 rings (SSSR count). The van der Waals surface area contributed by atoms with Crippen molar-refractivity contribution in [3.8, 4) is 11.1 Å². The van der Waals surface area contributed by atoms with Crippen LogP contribution in [0.2, 0.25) is 0 Å². The van der Waals surface area contributed by atoms with Gasteiger partial charge in [-0.25, -0.2) is 9.59 Å². The van der Waals surface area contributed by atoms with Gasteiger partial charge in [0.1, 0.15) is 12.6 Å². The highest BCUT2D eigenvalue weighted by Crippen LogP contribution is 2.44. The number of amides is 2. The van der Waals surface area contributed by atoms with Gasteiger partial charge in [0.15, 0.2) is 0 Å². The molecule has 7 heteroatoms. The van der Waals surface area contributed by atoms with Gasteiger partial charge in [-0.2, -0.15) is 0 Å². The summed E-state index contributed by atoms with van der Waals surface area (Å²) in [5, 5.41) is 14.8. The maximum absolute atomic E-state index is 12.6. The second kappa shape index (κ2) is 9.65. The SMILES string of the molecule is CC(NC(=O)OCC1c2ccccc2-c2ccccc21)C(C)C(=O)NC(C(=O)O)C1CCC1. The largest absolute Gasteiger partial charge is 0.480 e. The first-order valence-corrected chi connectivity index (χ1v) is 11.5. The summed E-state index contributed by atoms with van der Waals surface area (Å²) < 4.78 is 5.55. The van der Waals surface area contributed by atoms with Crippen molar-refractivity contribution in [3.63, 3.8) is 0 Å². The highest BCUT2D eigenvalue weighted by Gasteiger charge is 2.35. The maximum atomic E-state index is 12.6. The van der Waals surface area contributed by atoms with Crippen molar-refractivity contribution in [2.75, 3.05) is 6.61 Å². The van der Waals surface area contributed by atoms with Crippen molar-refractivity contribution in [3.05, 3.63) is 59.7 Å². The zero-order chi connectivity index (χ0) is 23.5. The Morgan fingerprint density at radius 2 is 1.55 bits per heavy atom. The first-order valence-electron chi connectivity index (χ1n) is 11.5. The number of nitrogens with one attached hydrogen (secondary N) is 2. The third-order valence-electron chi connectivity index (χ3n) is 7.04. The van der Waals surface area contributed by atoms with Gasteiger partial charge in [-0.15, -0.1) is 0 Å². The molecule has 2 aromatic rings. The number of alkyl carbamates (subject to hydrolysis) is 1. The monoisotopic (exact) mass is 450 g/mol. The number of aliphatic carboxylic acids is 1. The van der Waals surface area contributed by atoms with Gasteiger partial charge in [0.05, 0.1) is 5.92 Å². The Morgan fingerprint density at radius 1 is 0.970 bits per heavy atom. The smallest absolute Gasteiger partial charge is 0.407 e. The van der Waals surface area contributed by atoms with E-state index in [0.29, 0.717) is 0 Å². The fraction of sp³-hybridized carbons (Fsp3) is 0.423. The number of carboxylic acid groups (broad SMARTS) is 1. The summed E-state index contributed by atoms with van der Waals surface area (Å²) in [7, 11) is 0. The molecule has 1 fully saturated rings. The molecule has 0 aliphatic heterocycles. The third-order valence-corrected chi connectivity index (χ3v) is 7.04. The standard InChI is InChI=1S/C26H30N2O5/c1-15(24(29)28-23(25(30)31)17-8-7-9-17)16(2)27-26(32)33-14-22-20-12-5-3-10-18(20)19-11-4-6-13-21(19)22/h3-6,10-13,15-17,22-23H,7-9,14H2,1-2H3,(H,27,32)(H,28,29)(H,30,31). The molecule has 0 radical (unpaired) electrons. The lowest BCUT2D eigenvalue weighted by atomic mass is 9.79. The van der Waals surface area contributed by atoms with E-state index in [9.17, 15) is 19.5 Å². The molecule has 0 heterocycles. The van der Waals surface area contributed by atoms with Gasteiger partial charge in [-0.05, 0) is 47.9 Å². The van der Waals surface area contributed by atoms with E-state index < -0.39 is 30.1 Å². The normalized spacial score (nSPS) is 17.6. The number of carboxylic acids is 1. The zero-order valence-electron chi connectivity index (χ0n) is 18.9. The quantitative estimate of drug-likeness (QED) is 0.565. The number of hydrogen-bond acceptors (Lipinski definition) is 4. The fourth-order valence-corrected chi connectivity index (χ4v) is 4.62. The molecule has 2 aromatic carbocycles. The molecule has 3 N–H and O–H groups in total. The molecule has 2 aliphatic rings. The number of benzene rings is 2. The van der Waals surface area contributed by atoms with Crippen LogP contribution in [-0.4, -0.2) is 41.8 Å². The summed E-state index contributed by atoms with van der Waals surface area (Å²) in [6.07, 6.45) is 2.00. The summed E-state index contributed by atoms with van der Waals surface area (Å²) in [6.45, 7) is 3.57. The summed E-state index contributed by atoms with van der Waals surface area (Å²) >= 11 is 0. The number of rotatable bonds is 8. The average Bonchev–Trinajstić information content (AvgIpc) is 3.09. The van der Waals surface area contributed by atoms with Gasteiger partial charge in [0.2, 0.25) is 5.91 Å². The van der Waals surface area contributed by atoms with Crippen molar-refractivity contribution in [2.24, 2.45) is 11.8 Å². The Labute approximate surface area is 193 Å². The van der Waals surface area contributed by atoms with Crippen molar-refractivity contribution in [1.29, 1.82) is 0 Å². The molecule has 0 saturated heterocycles. The fourth-order valence-electron chi connectivity index (χ4n) is 4.62. The minimum atomic E-state index is -1.02. The van der Waals surface area contributed by atoms with E-state index in [1.165, 1.54) is 0 Å². The van der Waals surface area contributed by atoms with E-state index >= 15 is 0 Å². The van der Waals surface area contributed by atoms with Gasteiger partial charge >= 0.3 is 12.1 Å². The van der Waals surface area contributed by atoms with Crippen LogP contribution in [0.3, 0.4) is 0 Å². The lowest BCUT2D eigenvalue weighted by Crippen LogP contribution is -2.52. The highest BCUT2D eigenvalue weighted by molar-refractivity contribution is 5.86. The van der Waals surface area contributed by atoms with Crippen molar-refractivity contribution in [2.45, 2.75) is 51.1 Å². The first kappa shape index (κ1) is 22.8. The Morgan fingerprint density at radius 3 is 2.06 bits per heavy atom. The average molecular weight is 451 g/mol. The second-order valence-electron chi connectivity index (χ2n) is 9.06. The van der Waals surface area contributed by atoms with Crippen molar-refractivity contribution in [1.82, 2.24) is 10.6 Å². The number of hydrogen-bond donors (Lipinski definition) is 3. The van der Waals surface area contributed by atoms with Gasteiger partial charge in [-0.1, -0.05) is 61.9 Å². The zero-order valence-corrected chi connectivity index (χ0v) is 18.9. The van der Waals surface area contributed by atoms with Crippen LogP contribution < -0.4 is 10.6 Å². The number of ether oxygens (including phenoxy) is 1. The lowest BCUT2D eigenvalue weighted by Gasteiger charge is -2.32. The van der Waals surface area contributed by atoms with Gasteiger partial charge in [-0.3, -0.25) is 4.79 Å². The number of fused-ring (bicyclic) bond motifs is 3. The van der Waals surface area contributed by atoms with E-state index in [-0.39, 0.29) is 24.3 Å². The van der Waals surface area contributed by atoms with Crippen molar-refractivity contribution >= 4 is 18.0 Å². The van der Waals surface area contributed by atoms with E-state index in [4.69, 9.17) is 4.74 Å². The molecule has 7 nitrogen and oxygen atoms in total. The van der Waals surface area contributed by atoms with E-state index in [1.807, 2.05) is 24.3 Å². The Bertz CT molecular complexity index is 1000. The Hall–Kier alpha value is -3.35. The van der Waals surface area contributed by atoms with Crippen LogP contribution in [0, 0.1) is 11.8 Å². The molecule has 174 valence electrons. The molecule has 3 atom stereocenters. The van der Waals surface area contributed by atoms with Crippen LogP contribution in [0.4, 0.5) is 4.79 Å². The third kappa shape index (κ3) is 4.72. The molecular weight excluding hydrogens is 420 g/mol. The van der Waals surface area contributed by atoms with E-state index in [0.717, 1.165) is 41.5 Å². The van der Waals surface area contributed by atoms with Crippen LogP contribution >= 0.6 is 0 Å². The lowest BCUT2D eigenvalue weighted by molar-refractivity contribution is -0.145. The van der Waals surface area contributed by atoms with Crippen LogP contribution in [0.1, 0.15) is 50.2 Å². The minimum absolute atomic E-state index is 0.0240. The van der Waals surface area contributed by atoms with Crippen LogP contribution in [0.15, 0.2) is 48.5 Å². The number of carbonyl (C=O) groups is 3. The first-order chi connectivity index (χ1) is 15.9. The van der Waals surface area contributed by atoms with Gasteiger partial charge in [0, 0.05) is 12.0 Å². The van der Waals surface area contributed by atoms with Crippen LogP contribution in [0.25, 0.3) is 11.1 Å². The molecule has 2 amide bonds. The summed E-state index contributed by atoms with van der Waals surface area (Å²) in [5.74, 6) is -2.08. The number of carbonyl (C=O) groups excluding carboxylic acids is 2. The van der Waals surface area contributed by atoms with Crippen molar-refractivity contribution < 1.29 is 24.2 Å². The highest BCUT2D eigenvalue weighted by atomic mass is 16.5. The van der Waals surface area contributed by atoms with Crippen LogP contribution in [0.5, 0.6) is 0 Å². The predicted octanol–water partition coefficient (Wildman–Crippen LogP) is 3.92. The van der Waals surface area contributed by atoms with Gasteiger partial charge < -0.3 is 20.5 Å². The predicted molar refractivity (Wildman–Crippen MR) is 124 cm³/mol. The van der Waals surface area contributed by atoms with E-state index in [1.54, 1.807) is 13.8 Å². The molecular formula is C26H30N2O5. The molecule has 3 unspecified atom stereocenters. The molecule has 0 bridgehead atoms. The molecule has 2 aliphatic carbocycles. The topological polar surface area (TPSA) is 105 Å². The maximum Gasteiger partial charge on any atom is 0.407 e. The molecule has 0 aromatic heterocycles. The summed E-state index contributed by atoms with van der Waals surface area (Å²) in [4.78, 5) is 36.6.